The quantitative estimate of drug-likeness (QED) is 0.525. The first-order valence-electron chi connectivity index (χ1n) is 8.68. The molecular formula is C18H30O3. The molecule has 3 nitrogen and oxygen atoms in total. The van der Waals surface area contributed by atoms with E-state index in [0.717, 1.165) is 31.6 Å². The molecule has 2 aliphatic carbocycles. The highest BCUT2D eigenvalue weighted by atomic mass is 16.4. The third-order valence-corrected chi connectivity index (χ3v) is 5.40. The van der Waals surface area contributed by atoms with Crippen LogP contribution in [0, 0.1) is 23.7 Å². The van der Waals surface area contributed by atoms with E-state index < -0.39 is 5.97 Å². The molecule has 0 bridgehead atoms. The molecule has 0 saturated heterocycles. The van der Waals surface area contributed by atoms with E-state index in [9.17, 15) is 9.90 Å². The van der Waals surface area contributed by atoms with E-state index in [1.807, 2.05) is 0 Å². The number of unbranched alkanes of at least 4 members (excludes halogenated alkanes) is 2. The number of hydrogen-bond donors (Lipinski definition) is 2. The molecule has 2 rings (SSSR count). The van der Waals surface area contributed by atoms with Crippen molar-refractivity contribution in [2.45, 2.75) is 70.8 Å². The lowest BCUT2D eigenvalue weighted by Crippen LogP contribution is -2.17. The Labute approximate surface area is 128 Å². The second kappa shape index (κ2) is 7.98. The number of carboxylic acid groups (broad SMARTS) is 1. The van der Waals surface area contributed by atoms with Gasteiger partial charge in [0, 0.05) is 12.3 Å². The van der Waals surface area contributed by atoms with E-state index in [2.05, 4.69) is 19.1 Å². The summed E-state index contributed by atoms with van der Waals surface area (Å²) in [5.41, 5.74) is 0. The first-order valence-corrected chi connectivity index (χ1v) is 8.68. The Morgan fingerprint density at radius 1 is 1.24 bits per heavy atom. The lowest BCUT2D eigenvalue weighted by atomic mass is 9.89. The Hall–Kier alpha value is -0.830. The van der Waals surface area contributed by atoms with Crippen LogP contribution in [-0.2, 0) is 4.79 Å². The topological polar surface area (TPSA) is 57.5 Å². The van der Waals surface area contributed by atoms with E-state index in [0.29, 0.717) is 24.2 Å². The number of aliphatic carboxylic acids is 1. The predicted octanol–water partition coefficient (Wildman–Crippen LogP) is 4.01. The smallest absolute Gasteiger partial charge is 0.303 e. The number of rotatable bonds is 8. The van der Waals surface area contributed by atoms with Gasteiger partial charge >= 0.3 is 5.97 Å². The van der Waals surface area contributed by atoms with Gasteiger partial charge in [0.2, 0.25) is 0 Å². The molecule has 120 valence electrons. The first-order chi connectivity index (χ1) is 10.1. The molecule has 0 aromatic heterocycles. The molecule has 2 N–H and O–H groups in total. The van der Waals surface area contributed by atoms with Crippen LogP contribution in [0.4, 0.5) is 0 Å². The van der Waals surface area contributed by atoms with Crippen LogP contribution in [0.15, 0.2) is 12.2 Å². The summed E-state index contributed by atoms with van der Waals surface area (Å²) in [5.74, 6) is 1.80. The van der Waals surface area contributed by atoms with Crippen LogP contribution in [0.5, 0.6) is 0 Å². The minimum Gasteiger partial charge on any atom is -0.481 e. The van der Waals surface area contributed by atoms with Crippen LogP contribution in [0.2, 0.25) is 0 Å². The molecule has 0 heterocycles. The summed E-state index contributed by atoms with van der Waals surface area (Å²) in [7, 11) is 0. The summed E-state index contributed by atoms with van der Waals surface area (Å²) in [6.07, 6.45) is 13.4. The van der Waals surface area contributed by atoms with Crippen molar-refractivity contribution < 1.29 is 15.0 Å². The van der Waals surface area contributed by atoms with Crippen molar-refractivity contribution >= 4 is 5.97 Å². The molecule has 2 aliphatic rings. The second-order valence-corrected chi connectivity index (χ2v) is 7.00. The van der Waals surface area contributed by atoms with Gasteiger partial charge in [-0.05, 0) is 49.9 Å². The normalized spacial score (nSPS) is 35.4. The maximum absolute atomic E-state index is 10.5. The van der Waals surface area contributed by atoms with Crippen molar-refractivity contribution in [2.75, 3.05) is 0 Å². The lowest BCUT2D eigenvalue weighted by molar-refractivity contribution is -0.137. The van der Waals surface area contributed by atoms with Crippen molar-refractivity contribution in [2.24, 2.45) is 23.7 Å². The van der Waals surface area contributed by atoms with Crippen LogP contribution >= 0.6 is 0 Å². The molecule has 0 aliphatic heterocycles. The highest BCUT2D eigenvalue weighted by Gasteiger charge is 2.46. The zero-order valence-corrected chi connectivity index (χ0v) is 13.2. The van der Waals surface area contributed by atoms with Crippen LogP contribution in [0.25, 0.3) is 0 Å². The summed E-state index contributed by atoms with van der Waals surface area (Å²) in [4.78, 5) is 10.5. The molecule has 0 spiro atoms. The van der Waals surface area contributed by atoms with Crippen molar-refractivity contribution in [3.63, 3.8) is 0 Å². The van der Waals surface area contributed by atoms with Gasteiger partial charge in [-0.1, -0.05) is 38.3 Å². The standard InChI is InChI=1S/C18H30O3/c1-2-3-4-8-15-16-11-13(7-5-6-9-18(20)21)10-14(16)12-17(15)19/h4,8,13-17,19H,2-3,5-7,9-12H2,1H3,(H,20,21)/b8-4+/t13?,14-,15+,16-,17+/m0/s1. The minimum absolute atomic E-state index is 0.138. The fourth-order valence-electron chi connectivity index (χ4n) is 4.41. The highest BCUT2D eigenvalue weighted by molar-refractivity contribution is 5.66. The number of hydrogen-bond acceptors (Lipinski definition) is 2. The highest BCUT2D eigenvalue weighted by Crippen LogP contribution is 2.51. The molecule has 0 aromatic carbocycles. The lowest BCUT2D eigenvalue weighted by Gasteiger charge is -2.18. The van der Waals surface area contributed by atoms with Gasteiger partial charge in [0.25, 0.3) is 0 Å². The van der Waals surface area contributed by atoms with Gasteiger partial charge in [-0.15, -0.1) is 0 Å². The van der Waals surface area contributed by atoms with Gasteiger partial charge in [0.05, 0.1) is 6.10 Å². The summed E-state index contributed by atoms with van der Waals surface area (Å²) in [6.45, 7) is 2.18. The molecular weight excluding hydrogens is 264 g/mol. The molecule has 2 fully saturated rings. The zero-order valence-electron chi connectivity index (χ0n) is 13.2. The fourth-order valence-corrected chi connectivity index (χ4v) is 4.41. The van der Waals surface area contributed by atoms with E-state index in [4.69, 9.17) is 5.11 Å². The van der Waals surface area contributed by atoms with E-state index in [-0.39, 0.29) is 6.10 Å². The Morgan fingerprint density at radius 3 is 2.76 bits per heavy atom. The molecule has 0 amide bonds. The average molecular weight is 294 g/mol. The maximum Gasteiger partial charge on any atom is 0.303 e. The van der Waals surface area contributed by atoms with E-state index in [1.54, 1.807) is 0 Å². The molecule has 0 aromatic rings. The number of fused-ring (bicyclic) bond motifs is 1. The van der Waals surface area contributed by atoms with Crippen LogP contribution in [-0.4, -0.2) is 22.3 Å². The summed E-state index contributed by atoms with van der Waals surface area (Å²) < 4.78 is 0. The molecule has 0 radical (unpaired) electrons. The monoisotopic (exact) mass is 294 g/mol. The minimum atomic E-state index is -0.678. The first kappa shape index (κ1) is 16.5. The Morgan fingerprint density at radius 2 is 2.05 bits per heavy atom. The van der Waals surface area contributed by atoms with E-state index in [1.165, 1.54) is 25.7 Å². The van der Waals surface area contributed by atoms with Gasteiger partial charge in [-0.2, -0.15) is 0 Å². The molecule has 5 atom stereocenters. The number of carboxylic acids is 1. The Balaban J connectivity index is 1.76. The maximum atomic E-state index is 10.5. The fraction of sp³-hybridized carbons (Fsp3) is 0.833. The number of carbonyl (C=O) groups is 1. The summed E-state index contributed by atoms with van der Waals surface area (Å²) >= 11 is 0. The van der Waals surface area contributed by atoms with Gasteiger partial charge < -0.3 is 10.2 Å². The molecule has 21 heavy (non-hydrogen) atoms. The Kier molecular flexibility index (Phi) is 6.28. The van der Waals surface area contributed by atoms with Gasteiger partial charge in [-0.3, -0.25) is 4.79 Å². The predicted molar refractivity (Wildman–Crippen MR) is 84.0 cm³/mol. The number of aliphatic hydroxyl groups excluding tert-OH is 1. The zero-order chi connectivity index (χ0) is 15.2. The average Bonchev–Trinajstić information content (AvgIpc) is 2.93. The van der Waals surface area contributed by atoms with Gasteiger partial charge in [0.15, 0.2) is 0 Å². The molecule has 2 saturated carbocycles. The van der Waals surface area contributed by atoms with Crippen LogP contribution < -0.4 is 0 Å². The van der Waals surface area contributed by atoms with E-state index >= 15 is 0 Å². The second-order valence-electron chi connectivity index (χ2n) is 7.00. The third kappa shape index (κ3) is 4.57. The summed E-state index contributed by atoms with van der Waals surface area (Å²) in [5, 5.41) is 18.9. The Bertz CT molecular complexity index is 363. The van der Waals surface area contributed by atoms with Crippen LogP contribution in [0.3, 0.4) is 0 Å². The van der Waals surface area contributed by atoms with Crippen molar-refractivity contribution in [3.05, 3.63) is 12.2 Å². The van der Waals surface area contributed by atoms with Gasteiger partial charge in [-0.25, -0.2) is 0 Å². The van der Waals surface area contributed by atoms with Gasteiger partial charge in [0.1, 0.15) is 0 Å². The van der Waals surface area contributed by atoms with Crippen LogP contribution in [0.1, 0.15) is 64.7 Å². The van der Waals surface area contributed by atoms with Crippen molar-refractivity contribution in [1.82, 2.24) is 0 Å². The summed E-state index contributed by atoms with van der Waals surface area (Å²) in [6, 6.07) is 0. The number of aliphatic hydroxyl groups is 1. The number of allylic oxidation sites excluding steroid dienone is 1. The SMILES string of the molecule is CCC/C=C/[C@@H]1[C@H]2CC(CCCCC(=O)O)C[C@H]2C[C@H]1O. The molecule has 1 unspecified atom stereocenters. The third-order valence-electron chi connectivity index (χ3n) is 5.40. The largest absolute Gasteiger partial charge is 0.481 e. The molecule has 3 heteroatoms. The van der Waals surface area contributed by atoms with Crippen molar-refractivity contribution in [3.8, 4) is 0 Å². The van der Waals surface area contributed by atoms with Crippen molar-refractivity contribution in [1.29, 1.82) is 0 Å².